The fraction of sp³-hybridized carbons (Fsp3) is 0.370. The van der Waals surface area contributed by atoms with Gasteiger partial charge in [0.15, 0.2) is 11.6 Å². The average molecular weight is 557 g/mol. The van der Waals surface area contributed by atoms with E-state index in [0.717, 1.165) is 14.0 Å². The second kappa shape index (κ2) is 11.2. The number of fused-ring (bicyclic) bond motifs is 2. The van der Waals surface area contributed by atoms with E-state index in [-0.39, 0.29) is 33.6 Å². The predicted octanol–water partition coefficient (Wildman–Crippen LogP) is -1.00. The van der Waals surface area contributed by atoms with Crippen molar-refractivity contribution < 1.29 is 53.9 Å². The van der Waals surface area contributed by atoms with Gasteiger partial charge in [0.1, 0.15) is 12.2 Å². The molecule has 2 aromatic rings. The number of aliphatic hydroxyl groups excluding tert-OH is 3. The Bertz CT molecular complexity index is 1380. The standard InChI is InChI=1S/C27H28N2O11/c1-12(30)29-20-18(31)10-27(39-2,26(37)38)40-24(20)23(35)19(32)11-28-25(36)13-7-8-16-17(9-13)22(34)15-6-4-3-5-14(15)21(16)33/h3-9,18-20,23-24,31-32,35H,10-11H2,1-2H3,(H,28,36)(H,29,30)(H,37,38)/t18-,19+,20+,23+,24+,27+/m0/s1. The number of carboxylic acids is 1. The van der Waals surface area contributed by atoms with Crippen LogP contribution in [-0.4, -0.2) is 99.7 Å². The summed E-state index contributed by atoms with van der Waals surface area (Å²) in [5.41, 5.74) is 0.679. The van der Waals surface area contributed by atoms with E-state index in [2.05, 4.69) is 10.6 Å². The van der Waals surface area contributed by atoms with Crippen LogP contribution in [0.25, 0.3) is 0 Å². The first kappa shape index (κ1) is 29.0. The quantitative estimate of drug-likeness (QED) is 0.198. The topological polar surface area (TPSA) is 209 Å². The van der Waals surface area contributed by atoms with E-state index in [4.69, 9.17) is 9.47 Å². The number of carbonyl (C=O) groups is 5. The van der Waals surface area contributed by atoms with Crippen molar-refractivity contribution in [2.24, 2.45) is 0 Å². The number of aliphatic carboxylic acids is 1. The molecule has 1 fully saturated rings. The molecule has 0 spiro atoms. The molecule has 1 heterocycles. The fourth-order valence-electron chi connectivity index (χ4n) is 4.89. The molecule has 6 atom stereocenters. The van der Waals surface area contributed by atoms with E-state index in [9.17, 15) is 44.4 Å². The van der Waals surface area contributed by atoms with Crippen LogP contribution in [0.2, 0.25) is 0 Å². The molecule has 13 heteroatoms. The summed E-state index contributed by atoms with van der Waals surface area (Å²) >= 11 is 0. The molecule has 0 bridgehead atoms. The maximum atomic E-state index is 12.9. The summed E-state index contributed by atoms with van der Waals surface area (Å²) in [5, 5.41) is 46.4. The Morgan fingerprint density at radius 3 is 2.23 bits per heavy atom. The number of benzene rings is 2. The van der Waals surface area contributed by atoms with Crippen LogP contribution < -0.4 is 10.6 Å². The SMILES string of the molecule is CO[C@]1(C(=O)O)C[C@H](O)[C@@H](NC(C)=O)[C@H]([C@H](O)[C@H](O)CNC(=O)c2ccc3c(c2)C(=O)c2ccccc2C3=O)O1. The first-order valence-electron chi connectivity index (χ1n) is 12.3. The molecule has 1 saturated heterocycles. The van der Waals surface area contributed by atoms with Gasteiger partial charge in [-0.1, -0.05) is 24.3 Å². The minimum absolute atomic E-state index is 0.00529. The molecule has 0 radical (unpaired) electrons. The number of aliphatic hydroxyl groups is 3. The van der Waals surface area contributed by atoms with Gasteiger partial charge >= 0.3 is 5.97 Å². The third-order valence-electron chi connectivity index (χ3n) is 6.99. The van der Waals surface area contributed by atoms with Crippen molar-refractivity contribution in [3.8, 4) is 0 Å². The second-order valence-corrected chi connectivity index (χ2v) is 9.57. The van der Waals surface area contributed by atoms with Crippen LogP contribution in [0, 0.1) is 0 Å². The number of carboxylic acid groups (broad SMARTS) is 1. The van der Waals surface area contributed by atoms with Gasteiger partial charge in [-0.3, -0.25) is 19.2 Å². The van der Waals surface area contributed by atoms with Crippen molar-refractivity contribution in [3.63, 3.8) is 0 Å². The van der Waals surface area contributed by atoms with Crippen molar-refractivity contribution in [1.82, 2.24) is 10.6 Å². The average Bonchev–Trinajstić information content (AvgIpc) is 2.94. The molecule has 0 aromatic heterocycles. The van der Waals surface area contributed by atoms with Gasteiger partial charge in [0, 0.05) is 54.8 Å². The zero-order valence-electron chi connectivity index (χ0n) is 21.5. The molecule has 4 rings (SSSR count). The van der Waals surface area contributed by atoms with Gasteiger partial charge < -0.3 is 40.5 Å². The van der Waals surface area contributed by atoms with E-state index in [1.54, 1.807) is 18.2 Å². The van der Waals surface area contributed by atoms with Gasteiger partial charge in [-0.2, -0.15) is 0 Å². The zero-order valence-corrected chi connectivity index (χ0v) is 21.5. The predicted molar refractivity (Wildman–Crippen MR) is 135 cm³/mol. The summed E-state index contributed by atoms with van der Waals surface area (Å²) in [7, 11) is 1.02. The van der Waals surface area contributed by atoms with E-state index >= 15 is 0 Å². The lowest BCUT2D eigenvalue weighted by Gasteiger charge is -2.46. The Balaban J connectivity index is 1.49. The van der Waals surface area contributed by atoms with Crippen molar-refractivity contribution in [2.45, 2.75) is 49.6 Å². The molecule has 212 valence electrons. The molecule has 2 aliphatic rings. The van der Waals surface area contributed by atoms with E-state index in [0.29, 0.717) is 0 Å². The van der Waals surface area contributed by atoms with Crippen LogP contribution in [0.1, 0.15) is 55.5 Å². The van der Waals surface area contributed by atoms with Gasteiger partial charge in [0.25, 0.3) is 11.7 Å². The molecular weight excluding hydrogens is 528 g/mol. The lowest BCUT2D eigenvalue weighted by atomic mass is 9.83. The third-order valence-corrected chi connectivity index (χ3v) is 6.99. The minimum atomic E-state index is -2.37. The van der Waals surface area contributed by atoms with Crippen LogP contribution in [0.15, 0.2) is 42.5 Å². The van der Waals surface area contributed by atoms with Crippen LogP contribution >= 0.6 is 0 Å². The van der Waals surface area contributed by atoms with Crippen LogP contribution in [0.5, 0.6) is 0 Å². The molecule has 0 unspecified atom stereocenters. The molecule has 6 N–H and O–H groups in total. The van der Waals surface area contributed by atoms with Gasteiger partial charge in [0.2, 0.25) is 5.91 Å². The highest BCUT2D eigenvalue weighted by molar-refractivity contribution is 6.28. The lowest BCUT2D eigenvalue weighted by molar-refractivity contribution is -0.303. The third kappa shape index (κ3) is 5.24. The highest BCUT2D eigenvalue weighted by atomic mass is 16.7. The Kier molecular flexibility index (Phi) is 8.14. The molecule has 2 aromatic carbocycles. The molecule has 1 aliphatic heterocycles. The summed E-state index contributed by atoms with van der Waals surface area (Å²) in [6, 6.07) is 8.97. The number of ketones is 2. The lowest BCUT2D eigenvalue weighted by Crippen LogP contribution is -2.68. The highest BCUT2D eigenvalue weighted by Crippen LogP contribution is 2.33. The smallest absolute Gasteiger partial charge is 0.364 e. The molecule has 13 nitrogen and oxygen atoms in total. The number of carbonyl (C=O) groups excluding carboxylic acids is 4. The number of methoxy groups -OCH3 is 1. The number of nitrogens with one attached hydrogen (secondary N) is 2. The number of amides is 2. The highest BCUT2D eigenvalue weighted by Gasteiger charge is 2.55. The summed E-state index contributed by atoms with van der Waals surface area (Å²) in [6.45, 7) is 0.570. The van der Waals surface area contributed by atoms with Crippen molar-refractivity contribution in [3.05, 3.63) is 70.3 Å². The largest absolute Gasteiger partial charge is 0.477 e. The van der Waals surface area contributed by atoms with Crippen LogP contribution in [-0.2, 0) is 19.1 Å². The second-order valence-electron chi connectivity index (χ2n) is 9.57. The summed E-state index contributed by atoms with van der Waals surface area (Å²) in [4.78, 5) is 62.1. The van der Waals surface area contributed by atoms with E-state index in [1.807, 2.05) is 0 Å². The zero-order chi connectivity index (χ0) is 29.4. The van der Waals surface area contributed by atoms with Crippen LogP contribution in [0.3, 0.4) is 0 Å². The van der Waals surface area contributed by atoms with Crippen molar-refractivity contribution in [1.29, 1.82) is 0 Å². The van der Waals surface area contributed by atoms with E-state index in [1.165, 1.54) is 24.3 Å². The summed E-state index contributed by atoms with van der Waals surface area (Å²) in [5.74, 6) is -6.10. The monoisotopic (exact) mass is 556 g/mol. The van der Waals surface area contributed by atoms with E-state index < -0.39 is 72.8 Å². The maximum absolute atomic E-state index is 12.9. The number of rotatable bonds is 8. The molecule has 2 amide bonds. The molecular formula is C27H28N2O11. The Morgan fingerprint density at radius 2 is 1.65 bits per heavy atom. The Hall–Kier alpha value is -4.01. The van der Waals surface area contributed by atoms with Gasteiger partial charge in [-0.05, 0) is 18.2 Å². The van der Waals surface area contributed by atoms with Gasteiger partial charge in [0.05, 0.1) is 18.2 Å². The summed E-state index contributed by atoms with van der Waals surface area (Å²) < 4.78 is 10.4. The number of hydrogen-bond donors (Lipinski definition) is 6. The molecule has 1 aliphatic carbocycles. The molecule has 40 heavy (non-hydrogen) atoms. The van der Waals surface area contributed by atoms with Gasteiger partial charge in [-0.15, -0.1) is 0 Å². The Labute approximate surface area is 227 Å². The minimum Gasteiger partial charge on any atom is -0.477 e. The normalized spacial score (nSPS) is 25.3. The maximum Gasteiger partial charge on any atom is 0.364 e. The first-order chi connectivity index (χ1) is 18.9. The van der Waals surface area contributed by atoms with Crippen molar-refractivity contribution >= 4 is 29.4 Å². The Morgan fingerprint density at radius 1 is 1.05 bits per heavy atom. The summed E-state index contributed by atoms with van der Waals surface area (Å²) in [6.07, 6.45) is -7.42. The van der Waals surface area contributed by atoms with Crippen molar-refractivity contribution in [2.75, 3.05) is 13.7 Å². The number of ether oxygens (including phenoxy) is 2. The van der Waals surface area contributed by atoms with Gasteiger partial charge in [-0.25, -0.2) is 4.79 Å². The van der Waals surface area contributed by atoms with Crippen LogP contribution in [0.4, 0.5) is 0 Å². The first-order valence-corrected chi connectivity index (χ1v) is 12.3. The number of hydrogen-bond acceptors (Lipinski definition) is 10. The fourth-order valence-corrected chi connectivity index (χ4v) is 4.89. The molecule has 0 saturated carbocycles.